The Bertz CT molecular complexity index is 1310. The molecule has 1 unspecified atom stereocenters. The van der Waals surface area contributed by atoms with E-state index in [9.17, 15) is 0 Å². The minimum absolute atomic E-state index is 0.0885. The van der Waals surface area contributed by atoms with Crippen molar-refractivity contribution in [2.75, 3.05) is 38.5 Å². The van der Waals surface area contributed by atoms with Crippen LogP contribution in [0.25, 0.3) is 22.3 Å². The summed E-state index contributed by atoms with van der Waals surface area (Å²) in [6.45, 7) is 7.80. The first-order valence-electron chi connectivity index (χ1n) is 11.7. The summed E-state index contributed by atoms with van der Waals surface area (Å²) in [5, 5.41) is 4.26. The largest absolute Gasteiger partial charge is 0.497 e. The van der Waals surface area contributed by atoms with Crippen LogP contribution in [0.2, 0.25) is 0 Å². The molecule has 8 nitrogen and oxygen atoms in total. The number of aryl methyl sites for hydroxylation is 1. The number of ether oxygens (including phenoxy) is 2. The Morgan fingerprint density at radius 3 is 2.28 bits per heavy atom. The van der Waals surface area contributed by atoms with Crippen LogP contribution in [0.5, 0.6) is 11.5 Å². The third-order valence-corrected chi connectivity index (χ3v) is 8.17. The van der Waals surface area contributed by atoms with Gasteiger partial charge in [-0.3, -0.25) is 9.67 Å². The molecule has 4 rings (SSSR count). The fourth-order valence-electron chi connectivity index (χ4n) is 3.65. The monoisotopic (exact) mass is 508 g/mol. The van der Waals surface area contributed by atoms with Crippen LogP contribution >= 0.6 is 0 Å². The zero-order valence-corrected chi connectivity index (χ0v) is 22.8. The van der Waals surface area contributed by atoms with Crippen LogP contribution in [0.15, 0.2) is 55.0 Å². The van der Waals surface area contributed by atoms with Crippen molar-refractivity contribution < 1.29 is 13.7 Å². The SMILES string of the molecule is COc1cc(OC)cc(N(CCO[S+](C)C(C)(C)C)c2ccc3ncc(-c4cnn(C)c4)nc3c2)c1. The molecule has 0 radical (unpaired) electrons. The highest BCUT2D eigenvalue weighted by Crippen LogP contribution is 2.34. The Morgan fingerprint density at radius 2 is 1.67 bits per heavy atom. The topological polar surface area (TPSA) is 74.5 Å². The molecule has 9 heteroatoms. The summed E-state index contributed by atoms with van der Waals surface area (Å²) >= 11 is -0.179. The maximum absolute atomic E-state index is 6.25. The summed E-state index contributed by atoms with van der Waals surface area (Å²) in [5.41, 5.74) is 5.26. The van der Waals surface area contributed by atoms with Crippen LogP contribution in [0.1, 0.15) is 20.8 Å². The lowest BCUT2D eigenvalue weighted by atomic mass is 10.2. The predicted octanol–water partition coefficient (Wildman–Crippen LogP) is 5.16. The van der Waals surface area contributed by atoms with Crippen LogP contribution in [0.3, 0.4) is 0 Å². The van der Waals surface area contributed by atoms with Crippen molar-refractivity contribution in [3.63, 3.8) is 0 Å². The van der Waals surface area contributed by atoms with Gasteiger partial charge in [-0.1, -0.05) is 0 Å². The Balaban J connectivity index is 1.72. The minimum atomic E-state index is -0.179. The molecule has 4 aromatic rings. The molecule has 0 aliphatic heterocycles. The molecule has 0 amide bonds. The lowest BCUT2D eigenvalue weighted by molar-refractivity contribution is 0.363. The van der Waals surface area contributed by atoms with Gasteiger partial charge in [0.1, 0.15) is 35.5 Å². The molecule has 0 saturated carbocycles. The first-order valence-corrected chi connectivity index (χ1v) is 13.3. The third-order valence-electron chi connectivity index (χ3n) is 5.92. The smallest absolute Gasteiger partial charge is 0.152 e. The van der Waals surface area contributed by atoms with E-state index in [4.69, 9.17) is 18.6 Å². The van der Waals surface area contributed by atoms with Crippen molar-refractivity contribution in [2.24, 2.45) is 7.05 Å². The lowest BCUT2D eigenvalue weighted by Gasteiger charge is -2.26. The van der Waals surface area contributed by atoms with Crippen molar-refractivity contribution in [2.45, 2.75) is 25.5 Å². The summed E-state index contributed by atoms with van der Waals surface area (Å²) < 4.78 is 19.2. The van der Waals surface area contributed by atoms with E-state index in [1.807, 2.05) is 37.5 Å². The van der Waals surface area contributed by atoms with Gasteiger partial charge in [0.25, 0.3) is 0 Å². The fourth-order valence-corrected chi connectivity index (χ4v) is 4.32. The van der Waals surface area contributed by atoms with Gasteiger partial charge in [-0.15, -0.1) is 0 Å². The van der Waals surface area contributed by atoms with Gasteiger partial charge in [0.15, 0.2) is 4.75 Å². The quantitative estimate of drug-likeness (QED) is 0.289. The molecular weight excluding hydrogens is 474 g/mol. The fraction of sp³-hybridized carbons (Fsp3) is 0.370. The molecule has 2 heterocycles. The van der Waals surface area contributed by atoms with Crippen molar-refractivity contribution in [1.29, 1.82) is 0 Å². The molecular formula is C27H34N5O3S+. The van der Waals surface area contributed by atoms with Crippen LogP contribution < -0.4 is 14.4 Å². The van der Waals surface area contributed by atoms with Crippen molar-refractivity contribution in [3.8, 4) is 22.8 Å². The van der Waals surface area contributed by atoms with E-state index in [2.05, 4.69) is 54.1 Å². The number of aromatic nitrogens is 4. The van der Waals surface area contributed by atoms with Crippen molar-refractivity contribution in [3.05, 3.63) is 55.0 Å². The van der Waals surface area contributed by atoms with E-state index >= 15 is 0 Å². The summed E-state index contributed by atoms with van der Waals surface area (Å²) in [4.78, 5) is 11.7. The van der Waals surface area contributed by atoms with Gasteiger partial charge in [-0.05, 0) is 39.0 Å². The number of methoxy groups -OCH3 is 2. The Kier molecular flexibility index (Phi) is 7.70. The molecule has 0 aliphatic rings. The van der Waals surface area contributed by atoms with Crippen LogP contribution in [-0.4, -0.2) is 58.1 Å². The van der Waals surface area contributed by atoms with Crippen LogP contribution in [0, 0.1) is 0 Å². The zero-order chi connectivity index (χ0) is 25.9. The average Bonchev–Trinajstić information content (AvgIpc) is 3.31. The molecule has 36 heavy (non-hydrogen) atoms. The number of nitrogens with zero attached hydrogens (tertiary/aromatic N) is 5. The maximum atomic E-state index is 6.25. The van der Waals surface area contributed by atoms with E-state index < -0.39 is 0 Å². The van der Waals surface area contributed by atoms with E-state index in [0.717, 1.165) is 45.2 Å². The van der Waals surface area contributed by atoms with Crippen LogP contribution in [-0.2, 0) is 22.4 Å². The number of anilines is 2. The highest BCUT2D eigenvalue weighted by molar-refractivity contribution is 7.93. The summed E-state index contributed by atoms with van der Waals surface area (Å²) in [6, 6.07) is 12.0. The van der Waals surface area contributed by atoms with Crippen molar-refractivity contribution >= 4 is 33.6 Å². The number of hydrogen-bond donors (Lipinski definition) is 0. The zero-order valence-electron chi connectivity index (χ0n) is 22.0. The second kappa shape index (κ2) is 10.8. The second-order valence-electron chi connectivity index (χ2n) is 9.44. The molecule has 0 aliphatic carbocycles. The molecule has 190 valence electrons. The Labute approximate surface area is 215 Å². The Hall–Kier alpha value is -3.30. The van der Waals surface area contributed by atoms with E-state index in [1.54, 1.807) is 31.3 Å². The maximum Gasteiger partial charge on any atom is 0.152 e. The lowest BCUT2D eigenvalue weighted by Crippen LogP contribution is -2.32. The van der Waals surface area contributed by atoms with Gasteiger partial charge in [0.05, 0.1) is 49.9 Å². The number of hydrogen-bond acceptors (Lipinski definition) is 7. The van der Waals surface area contributed by atoms with Gasteiger partial charge in [0.2, 0.25) is 0 Å². The molecule has 0 fully saturated rings. The minimum Gasteiger partial charge on any atom is -0.497 e. The molecule has 0 N–H and O–H groups in total. The van der Waals surface area contributed by atoms with Gasteiger partial charge < -0.3 is 14.4 Å². The number of fused-ring (bicyclic) bond motifs is 1. The highest BCUT2D eigenvalue weighted by Gasteiger charge is 2.32. The van der Waals surface area contributed by atoms with Crippen molar-refractivity contribution in [1.82, 2.24) is 19.7 Å². The summed E-state index contributed by atoms with van der Waals surface area (Å²) in [7, 11) is 5.20. The molecule has 0 bridgehead atoms. The first kappa shape index (κ1) is 25.8. The van der Waals surface area contributed by atoms with Crippen LogP contribution in [0.4, 0.5) is 11.4 Å². The number of benzene rings is 2. The normalized spacial score (nSPS) is 12.5. The number of rotatable bonds is 9. The second-order valence-corrected chi connectivity index (χ2v) is 11.8. The molecule has 2 aromatic heterocycles. The molecule has 1 atom stereocenters. The van der Waals surface area contributed by atoms with E-state index in [1.165, 1.54) is 0 Å². The highest BCUT2D eigenvalue weighted by atomic mass is 32.2. The predicted molar refractivity (Wildman–Crippen MR) is 147 cm³/mol. The van der Waals surface area contributed by atoms with Gasteiger partial charge in [-0.2, -0.15) is 9.28 Å². The summed E-state index contributed by atoms with van der Waals surface area (Å²) in [5.74, 6) is 1.44. The average molecular weight is 509 g/mol. The van der Waals surface area contributed by atoms with Gasteiger partial charge in [0, 0.05) is 48.4 Å². The van der Waals surface area contributed by atoms with Gasteiger partial charge >= 0.3 is 0 Å². The molecule has 2 aromatic carbocycles. The Morgan fingerprint density at radius 1 is 0.944 bits per heavy atom. The third kappa shape index (κ3) is 5.91. The van der Waals surface area contributed by atoms with E-state index in [-0.39, 0.29) is 15.9 Å². The summed E-state index contributed by atoms with van der Waals surface area (Å²) in [6.07, 6.45) is 7.66. The van der Waals surface area contributed by atoms with E-state index in [0.29, 0.717) is 13.2 Å². The standard InChI is InChI=1S/C27H34N5O3S/c1-27(2,3)36(7)35-11-10-32(21-12-22(33-5)15-23(13-21)34-6)20-8-9-24-25(14-20)30-26(17-28-24)19-16-29-31(4)18-19/h8-9,12-18H,10-11H2,1-7H3/q+1. The molecule has 0 saturated heterocycles. The molecule has 0 spiro atoms. The van der Waals surface area contributed by atoms with Gasteiger partial charge in [-0.25, -0.2) is 4.98 Å². The first-order chi connectivity index (χ1) is 17.2.